The predicted molar refractivity (Wildman–Crippen MR) is 89.0 cm³/mol. The zero-order chi connectivity index (χ0) is 15.1. The number of rotatable bonds is 1. The van der Waals surface area contributed by atoms with Crippen LogP contribution < -0.4 is 0 Å². The molecule has 3 heteroatoms. The van der Waals surface area contributed by atoms with Crippen molar-refractivity contribution < 1.29 is 10.2 Å². The lowest BCUT2D eigenvalue weighted by Gasteiger charge is -2.27. The van der Waals surface area contributed by atoms with Gasteiger partial charge in [-0.2, -0.15) is 0 Å². The van der Waals surface area contributed by atoms with Gasteiger partial charge in [0, 0.05) is 21.8 Å². The Morgan fingerprint density at radius 3 is 1.95 bits per heavy atom. The lowest BCUT2D eigenvalue weighted by Crippen LogP contribution is -2.33. The summed E-state index contributed by atoms with van der Waals surface area (Å²) in [4.78, 5) is 0. The molecular weight excluding hydrogens is 274 g/mol. The summed E-state index contributed by atoms with van der Waals surface area (Å²) in [6, 6.07) is 16.6. The molecule has 1 fully saturated rings. The minimum Gasteiger partial charge on any atom is -0.390 e. The van der Waals surface area contributed by atoms with Crippen molar-refractivity contribution in [2.24, 2.45) is 0 Å². The number of hydrogen-bond donors (Lipinski definition) is 2. The molecule has 0 aliphatic heterocycles. The fourth-order valence-corrected chi connectivity index (χ4v) is 3.90. The van der Waals surface area contributed by atoms with Gasteiger partial charge in [0.15, 0.2) is 0 Å². The molecule has 4 rings (SSSR count). The molecule has 0 spiro atoms. The van der Waals surface area contributed by atoms with E-state index in [4.69, 9.17) is 0 Å². The summed E-state index contributed by atoms with van der Waals surface area (Å²) in [6.45, 7) is 0. The molecule has 22 heavy (non-hydrogen) atoms. The molecule has 0 bridgehead atoms. The van der Waals surface area contributed by atoms with E-state index in [1.54, 1.807) is 0 Å². The molecule has 1 aliphatic rings. The van der Waals surface area contributed by atoms with E-state index in [1.807, 2.05) is 12.1 Å². The average molecular weight is 295 g/mol. The molecule has 1 aliphatic carbocycles. The van der Waals surface area contributed by atoms with Gasteiger partial charge in [-0.1, -0.05) is 49.2 Å². The molecule has 1 aromatic heterocycles. The maximum Gasteiger partial charge on any atom is 0.101 e. The molecule has 3 nitrogen and oxygen atoms in total. The first-order chi connectivity index (χ1) is 10.8. The topological polar surface area (TPSA) is 45.4 Å². The van der Waals surface area contributed by atoms with Gasteiger partial charge in [-0.15, -0.1) is 0 Å². The lowest BCUT2D eigenvalue weighted by molar-refractivity contribution is -0.00892. The molecule has 1 saturated carbocycles. The summed E-state index contributed by atoms with van der Waals surface area (Å²) in [5.41, 5.74) is 2.28. The molecule has 114 valence electrons. The summed E-state index contributed by atoms with van der Waals surface area (Å²) in [7, 11) is 0. The van der Waals surface area contributed by atoms with E-state index in [0.29, 0.717) is 6.42 Å². The minimum absolute atomic E-state index is 0.0673. The first-order valence-corrected chi connectivity index (χ1v) is 8.11. The fraction of sp³-hybridized carbons (Fsp3) is 0.368. The van der Waals surface area contributed by atoms with Gasteiger partial charge in [-0.3, -0.25) is 0 Å². The van der Waals surface area contributed by atoms with Crippen LogP contribution in [0.5, 0.6) is 0 Å². The van der Waals surface area contributed by atoms with Crippen LogP contribution in [0, 0.1) is 0 Å². The van der Waals surface area contributed by atoms with Crippen LogP contribution in [-0.4, -0.2) is 27.0 Å². The molecule has 2 N–H and O–H groups in total. The monoisotopic (exact) mass is 295 g/mol. The SMILES string of the molecule is OC1CCCCC(n2c3ccccc3c3ccccc32)C1O. The highest BCUT2D eigenvalue weighted by atomic mass is 16.3. The highest BCUT2D eigenvalue weighted by molar-refractivity contribution is 6.08. The Balaban J connectivity index is 1.99. The van der Waals surface area contributed by atoms with Gasteiger partial charge < -0.3 is 14.8 Å². The van der Waals surface area contributed by atoms with Crippen molar-refractivity contribution in [1.82, 2.24) is 4.57 Å². The highest BCUT2D eigenvalue weighted by Gasteiger charge is 2.31. The Bertz CT molecular complexity index is 754. The van der Waals surface area contributed by atoms with Crippen molar-refractivity contribution in [1.29, 1.82) is 0 Å². The van der Waals surface area contributed by atoms with Crippen LogP contribution in [0.1, 0.15) is 31.7 Å². The van der Waals surface area contributed by atoms with Gasteiger partial charge >= 0.3 is 0 Å². The molecule has 2 aromatic carbocycles. The first kappa shape index (κ1) is 13.8. The van der Waals surface area contributed by atoms with Crippen LogP contribution in [-0.2, 0) is 0 Å². The van der Waals surface area contributed by atoms with Crippen molar-refractivity contribution >= 4 is 21.8 Å². The molecule has 0 radical (unpaired) electrons. The Morgan fingerprint density at radius 1 is 0.773 bits per heavy atom. The predicted octanol–water partition coefficient (Wildman–Crippen LogP) is 3.63. The highest BCUT2D eigenvalue weighted by Crippen LogP contribution is 2.37. The third-order valence-corrected chi connectivity index (χ3v) is 4.99. The van der Waals surface area contributed by atoms with E-state index in [9.17, 15) is 10.2 Å². The quantitative estimate of drug-likeness (QED) is 0.673. The summed E-state index contributed by atoms with van der Waals surface area (Å²) in [5.74, 6) is 0. The van der Waals surface area contributed by atoms with Crippen molar-refractivity contribution in [3.05, 3.63) is 48.5 Å². The zero-order valence-corrected chi connectivity index (χ0v) is 12.5. The second kappa shape index (κ2) is 5.41. The van der Waals surface area contributed by atoms with Crippen LogP contribution in [0.4, 0.5) is 0 Å². The Hall–Kier alpha value is -1.84. The molecule has 3 aromatic rings. The van der Waals surface area contributed by atoms with Gasteiger partial charge in [0.25, 0.3) is 0 Å². The van der Waals surface area contributed by atoms with E-state index in [-0.39, 0.29) is 6.04 Å². The van der Waals surface area contributed by atoms with Crippen molar-refractivity contribution in [3.8, 4) is 0 Å². The molecule has 1 heterocycles. The summed E-state index contributed by atoms with van der Waals surface area (Å²) in [6.07, 6.45) is 2.27. The maximum absolute atomic E-state index is 10.6. The second-order valence-electron chi connectivity index (χ2n) is 6.31. The van der Waals surface area contributed by atoms with Gasteiger partial charge in [0.1, 0.15) is 6.10 Å². The zero-order valence-electron chi connectivity index (χ0n) is 12.5. The third kappa shape index (κ3) is 2.04. The summed E-state index contributed by atoms with van der Waals surface area (Å²) in [5, 5.41) is 23.3. The maximum atomic E-state index is 10.6. The number of nitrogens with zero attached hydrogens (tertiary/aromatic N) is 1. The molecule has 3 unspecified atom stereocenters. The van der Waals surface area contributed by atoms with Crippen LogP contribution >= 0.6 is 0 Å². The van der Waals surface area contributed by atoms with Crippen molar-refractivity contribution in [2.75, 3.05) is 0 Å². The molecule has 0 amide bonds. The Kier molecular flexibility index (Phi) is 3.40. The Labute approximate surface area is 129 Å². The summed E-state index contributed by atoms with van der Waals surface area (Å²) >= 11 is 0. The van der Waals surface area contributed by atoms with E-state index < -0.39 is 12.2 Å². The normalized spacial score (nSPS) is 26.4. The first-order valence-electron chi connectivity index (χ1n) is 8.11. The summed E-state index contributed by atoms with van der Waals surface area (Å²) < 4.78 is 2.24. The number of fused-ring (bicyclic) bond motifs is 3. The number of aliphatic hydroxyl groups is 2. The van der Waals surface area contributed by atoms with Crippen LogP contribution in [0.3, 0.4) is 0 Å². The van der Waals surface area contributed by atoms with E-state index in [2.05, 4.69) is 41.0 Å². The van der Waals surface area contributed by atoms with Crippen LogP contribution in [0.2, 0.25) is 0 Å². The molecular formula is C19H21NO2. The molecule has 0 saturated heterocycles. The lowest BCUT2D eigenvalue weighted by atomic mass is 10.0. The van der Waals surface area contributed by atoms with Gasteiger partial charge in [0.2, 0.25) is 0 Å². The van der Waals surface area contributed by atoms with Crippen LogP contribution in [0.15, 0.2) is 48.5 Å². The van der Waals surface area contributed by atoms with Gasteiger partial charge in [-0.25, -0.2) is 0 Å². The number of aromatic nitrogens is 1. The second-order valence-corrected chi connectivity index (χ2v) is 6.31. The average Bonchev–Trinajstić information content (AvgIpc) is 2.79. The standard InChI is InChI=1S/C19H21NO2/c21-18-12-6-5-11-17(19(18)22)20-15-9-3-1-7-13(15)14-8-2-4-10-16(14)20/h1-4,7-10,17-19,21-22H,5-6,11-12H2. The number of para-hydroxylation sites is 2. The van der Waals surface area contributed by atoms with E-state index >= 15 is 0 Å². The number of hydrogen-bond acceptors (Lipinski definition) is 2. The largest absolute Gasteiger partial charge is 0.390 e. The third-order valence-electron chi connectivity index (χ3n) is 4.99. The van der Waals surface area contributed by atoms with Gasteiger partial charge in [-0.05, 0) is 25.0 Å². The van der Waals surface area contributed by atoms with Crippen LogP contribution in [0.25, 0.3) is 21.8 Å². The number of benzene rings is 2. The smallest absolute Gasteiger partial charge is 0.101 e. The molecule has 3 atom stereocenters. The number of aliphatic hydroxyl groups excluding tert-OH is 2. The Morgan fingerprint density at radius 2 is 1.32 bits per heavy atom. The fourth-order valence-electron chi connectivity index (χ4n) is 3.90. The van der Waals surface area contributed by atoms with Gasteiger partial charge in [0.05, 0.1) is 12.1 Å². The van der Waals surface area contributed by atoms with Crippen molar-refractivity contribution in [2.45, 2.75) is 43.9 Å². The minimum atomic E-state index is -0.707. The van der Waals surface area contributed by atoms with E-state index in [0.717, 1.165) is 30.3 Å². The van der Waals surface area contributed by atoms with Crippen molar-refractivity contribution in [3.63, 3.8) is 0 Å². The van der Waals surface area contributed by atoms with E-state index in [1.165, 1.54) is 10.8 Å².